The number of thioether (sulfide) groups is 1. The maximum Gasteiger partial charge on any atom is 0.280 e. The summed E-state index contributed by atoms with van der Waals surface area (Å²) >= 11 is 1.49. The quantitative estimate of drug-likeness (QED) is 0.0833. The van der Waals surface area contributed by atoms with Crippen LogP contribution in [-0.2, 0) is 19.6 Å². The van der Waals surface area contributed by atoms with Crippen LogP contribution in [0.2, 0.25) is 18.1 Å². The van der Waals surface area contributed by atoms with Crippen LogP contribution < -0.4 is 20.3 Å². The van der Waals surface area contributed by atoms with Crippen LogP contribution in [0.3, 0.4) is 0 Å². The second kappa shape index (κ2) is 15.9. The number of imidazole rings is 1. The third-order valence-corrected chi connectivity index (χ3v) is 16.7. The Labute approximate surface area is 327 Å². The summed E-state index contributed by atoms with van der Waals surface area (Å²) in [5.41, 5.74) is 1.41. The van der Waals surface area contributed by atoms with Crippen molar-refractivity contribution in [1.82, 2.24) is 19.5 Å². The lowest BCUT2D eigenvalue weighted by Crippen LogP contribution is -2.50. The van der Waals surface area contributed by atoms with E-state index >= 15 is 0 Å². The minimum Gasteiger partial charge on any atom is -0.497 e. The van der Waals surface area contributed by atoms with Crippen molar-refractivity contribution in [1.29, 1.82) is 0 Å². The van der Waals surface area contributed by atoms with Gasteiger partial charge < -0.3 is 23.7 Å². The zero-order valence-electron chi connectivity index (χ0n) is 32.8. The van der Waals surface area contributed by atoms with Gasteiger partial charge in [-0.3, -0.25) is 24.5 Å². The van der Waals surface area contributed by atoms with Crippen LogP contribution in [0, 0.1) is 5.92 Å². The highest BCUT2D eigenvalue weighted by molar-refractivity contribution is 8.00. The van der Waals surface area contributed by atoms with Crippen molar-refractivity contribution in [3.63, 3.8) is 0 Å². The molecule has 2 aromatic heterocycles. The standard InChI is InChI=1S/C41H51N5O7SSi/c1-25(2)36(48)44-39-43-35-32(37(49)45-39)42-24-46(35)38-33(47)34(53-55(8,9)40(3,4)5)31(54-38)23-52-41(26-13-11-10-12-14-26,27-15-19-29(50-6)20-16-27)28-17-21-30(51-7)22-18-28/h10-22,24-25,31,33-34,38,47H,23H2,1-9H3,(H2,43,44,45,48,49)/t31-,33-,34-,38-/m1/s1. The number of H-pyrrole nitrogens is 1. The first-order valence-corrected chi connectivity index (χ1v) is 22.2. The fourth-order valence-electron chi connectivity index (χ4n) is 6.46. The number of methoxy groups -OCH3 is 2. The van der Waals surface area contributed by atoms with Gasteiger partial charge in [-0.1, -0.05) is 89.2 Å². The Balaban J connectivity index is 1.45. The summed E-state index contributed by atoms with van der Waals surface area (Å²) in [5, 5.41) is 13.8. The molecule has 4 atom stereocenters. The lowest BCUT2D eigenvalue weighted by Gasteiger charge is -2.41. The van der Waals surface area contributed by atoms with Gasteiger partial charge in [-0.15, -0.1) is 11.8 Å². The maximum atomic E-state index is 13.1. The molecule has 0 saturated carbocycles. The molecule has 0 bridgehead atoms. The van der Waals surface area contributed by atoms with Crippen LogP contribution >= 0.6 is 11.8 Å². The number of anilines is 1. The predicted octanol–water partition coefficient (Wildman–Crippen LogP) is 7.11. The van der Waals surface area contributed by atoms with Gasteiger partial charge in [0.15, 0.2) is 19.5 Å². The summed E-state index contributed by atoms with van der Waals surface area (Å²) in [6, 6.07) is 25.8. The maximum absolute atomic E-state index is 13.1. The van der Waals surface area contributed by atoms with Crippen LogP contribution in [0.5, 0.6) is 11.5 Å². The molecular formula is C41H51N5O7SSi. The van der Waals surface area contributed by atoms with Crippen molar-refractivity contribution < 1.29 is 28.5 Å². The number of nitrogens with zero attached hydrogens (tertiary/aromatic N) is 3. The number of rotatable bonds is 13. The minimum atomic E-state index is -2.46. The highest BCUT2D eigenvalue weighted by atomic mass is 32.2. The summed E-state index contributed by atoms with van der Waals surface area (Å²) in [7, 11) is 0.819. The van der Waals surface area contributed by atoms with Crippen molar-refractivity contribution in [2.75, 3.05) is 26.1 Å². The number of ether oxygens (including phenoxy) is 3. The molecule has 3 aromatic carbocycles. The molecule has 14 heteroatoms. The number of benzene rings is 3. The number of hydrogen-bond acceptors (Lipinski definition) is 10. The lowest BCUT2D eigenvalue weighted by atomic mass is 9.80. The van der Waals surface area contributed by atoms with Crippen LogP contribution in [-0.4, -0.2) is 77.1 Å². The molecule has 1 saturated heterocycles. The summed E-state index contributed by atoms with van der Waals surface area (Å²) in [6.07, 6.45) is -0.180. The van der Waals surface area contributed by atoms with E-state index in [0.717, 1.165) is 16.7 Å². The molecule has 12 nitrogen and oxygen atoms in total. The third-order valence-electron chi connectivity index (χ3n) is 10.7. The minimum absolute atomic E-state index is 0.0102. The Morgan fingerprint density at radius 2 is 1.51 bits per heavy atom. The topological polar surface area (TPSA) is 150 Å². The number of aliphatic hydroxyl groups is 1. The molecule has 3 N–H and O–H groups in total. The Morgan fingerprint density at radius 1 is 0.945 bits per heavy atom. The van der Waals surface area contributed by atoms with E-state index in [1.54, 1.807) is 32.6 Å². The van der Waals surface area contributed by atoms with Gasteiger partial charge in [0.05, 0.1) is 38.5 Å². The number of hydrogen-bond donors (Lipinski definition) is 3. The molecule has 6 rings (SSSR count). The van der Waals surface area contributed by atoms with Crippen molar-refractivity contribution in [3.05, 3.63) is 112 Å². The van der Waals surface area contributed by atoms with E-state index in [1.165, 1.54) is 18.1 Å². The van der Waals surface area contributed by atoms with Gasteiger partial charge in [0, 0.05) is 5.92 Å². The fourth-order valence-corrected chi connectivity index (χ4v) is 9.37. The molecule has 1 aliphatic rings. The van der Waals surface area contributed by atoms with E-state index < -0.39 is 37.1 Å². The Bertz CT molecular complexity index is 2100. The molecule has 0 spiro atoms. The van der Waals surface area contributed by atoms with Crippen LogP contribution in [0.1, 0.15) is 56.7 Å². The van der Waals surface area contributed by atoms with Crippen molar-refractivity contribution >= 4 is 43.1 Å². The van der Waals surface area contributed by atoms with Gasteiger partial charge >= 0.3 is 0 Å². The summed E-state index contributed by atoms with van der Waals surface area (Å²) in [5.74, 6) is 0.821. The van der Waals surface area contributed by atoms with E-state index in [4.69, 9.17) is 18.6 Å². The summed E-state index contributed by atoms with van der Waals surface area (Å²) in [6.45, 7) is 14.5. The zero-order valence-corrected chi connectivity index (χ0v) is 34.6. The molecule has 1 aliphatic heterocycles. The number of aromatic amines is 1. The molecule has 1 fully saturated rings. The first-order chi connectivity index (χ1) is 26.1. The SMILES string of the molecule is COc1ccc(C(OC[C@H]2S[C@@H](n3cnc4c(=O)[nH]c(NC(=O)C(C)C)nc43)[C@H](O)[C@@H]2O[Si](C)(C)C(C)(C)C)(c2ccccc2)c2ccc(OC)cc2)cc1. The molecule has 5 aromatic rings. The van der Waals surface area contributed by atoms with Gasteiger partial charge in [-0.05, 0) is 59.1 Å². The highest BCUT2D eigenvalue weighted by Crippen LogP contribution is 2.49. The van der Waals surface area contributed by atoms with E-state index in [9.17, 15) is 14.7 Å². The second-order valence-electron chi connectivity index (χ2n) is 15.6. The Hall–Kier alpha value is -4.47. The molecule has 1 amide bonds. The van der Waals surface area contributed by atoms with Gasteiger partial charge in [-0.2, -0.15) is 4.98 Å². The molecule has 0 unspecified atom stereocenters. The second-order valence-corrected chi connectivity index (χ2v) is 21.7. The lowest BCUT2D eigenvalue weighted by molar-refractivity contribution is -0.118. The zero-order chi connectivity index (χ0) is 39.7. The van der Waals surface area contributed by atoms with Crippen molar-refractivity contribution in [2.24, 2.45) is 5.92 Å². The van der Waals surface area contributed by atoms with Crippen LogP contribution in [0.4, 0.5) is 5.95 Å². The average Bonchev–Trinajstić information content (AvgIpc) is 3.72. The number of nitrogens with one attached hydrogen (secondary N) is 2. The van der Waals surface area contributed by atoms with Gasteiger partial charge in [-0.25, -0.2) is 4.98 Å². The molecule has 0 radical (unpaired) electrons. The van der Waals surface area contributed by atoms with Gasteiger partial charge in [0.1, 0.15) is 28.6 Å². The monoisotopic (exact) mass is 785 g/mol. The number of aliphatic hydroxyl groups excluding tert-OH is 1. The summed E-state index contributed by atoms with van der Waals surface area (Å²) in [4.78, 5) is 37.3. The van der Waals surface area contributed by atoms with E-state index in [2.05, 4.69) is 54.1 Å². The molecule has 292 valence electrons. The molecule has 0 aliphatic carbocycles. The first kappa shape index (κ1) is 40.2. The number of amides is 1. The Morgan fingerprint density at radius 3 is 2.04 bits per heavy atom. The summed E-state index contributed by atoms with van der Waals surface area (Å²) < 4.78 is 27.2. The van der Waals surface area contributed by atoms with Crippen molar-refractivity contribution in [3.8, 4) is 11.5 Å². The third kappa shape index (κ3) is 7.96. The highest BCUT2D eigenvalue weighted by Gasteiger charge is 2.51. The number of carbonyl (C=O) groups is 1. The average molecular weight is 786 g/mol. The Kier molecular flexibility index (Phi) is 11.7. The van der Waals surface area contributed by atoms with E-state index in [0.29, 0.717) is 11.5 Å². The molecular weight excluding hydrogens is 735 g/mol. The van der Waals surface area contributed by atoms with Crippen LogP contribution in [0.15, 0.2) is 90.0 Å². The molecule has 3 heterocycles. The van der Waals surface area contributed by atoms with E-state index in [1.807, 2.05) is 78.9 Å². The normalized spacial score (nSPS) is 19.2. The number of fused-ring (bicyclic) bond motifs is 1. The van der Waals surface area contributed by atoms with Gasteiger partial charge in [0.2, 0.25) is 11.9 Å². The first-order valence-electron chi connectivity index (χ1n) is 18.4. The van der Waals surface area contributed by atoms with Gasteiger partial charge in [0.25, 0.3) is 5.56 Å². The fraction of sp³-hybridized carbons (Fsp3) is 0.415. The number of aromatic nitrogens is 4. The largest absolute Gasteiger partial charge is 0.497 e. The molecule has 55 heavy (non-hydrogen) atoms. The number of carbonyl (C=O) groups excluding carboxylic acids is 1. The van der Waals surface area contributed by atoms with Crippen LogP contribution in [0.25, 0.3) is 11.2 Å². The van der Waals surface area contributed by atoms with E-state index in [-0.39, 0.29) is 45.8 Å². The van der Waals surface area contributed by atoms with Crippen molar-refractivity contribution in [2.45, 2.75) is 81.2 Å². The predicted molar refractivity (Wildman–Crippen MR) is 218 cm³/mol. The smallest absolute Gasteiger partial charge is 0.280 e.